The molecule has 1 rings (SSSR count). The number of unbranched alkanes of at least 4 members (excludes halogenated alkanes) is 3. The molecule has 1 unspecified atom stereocenters. The van der Waals surface area contributed by atoms with Crippen LogP contribution in [-0.2, 0) is 14.3 Å². The van der Waals surface area contributed by atoms with Crippen LogP contribution in [0.5, 0.6) is 0 Å². The second kappa shape index (κ2) is 9.35. The Kier molecular flexibility index (Phi) is 8.15. The molecular formula is C16H31NO3. The van der Waals surface area contributed by atoms with E-state index in [-0.39, 0.29) is 5.97 Å². The molecular weight excluding hydrogens is 254 g/mol. The van der Waals surface area contributed by atoms with Crippen LogP contribution in [0.4, 0.5) is 0 Å². The molecule has 1 aliphatic rings. The van der Waals surface area contributed by atoms with Crippen LogP contribution in [0.2, 0.25) is 0 Å². The molecule has 118 valence electrons. The highest BCUT2D eigenvalue weighted by Gasteiger charge is 2.51. The molecule has 1 saturated carbocycles. The molecule has 0 aromatic heterocycles. The zero-order valence-electron chi connectivity index (χ0n) is 13.4. The normalized spacial score (nSPS) is 17.8. The van der Waals surface area contributed by atoms with Gasteiger partial charge in [-0.25, -0.2) is 4.79 Å². The lowest BCUT2D eigenvalue weighted by Crippen LogP contribution is -2.58. The monoisotopic (exact) mass is 285 g/mol. The van der Waals surface area contributed by atoms with Gasteiger partial charge < -0.3 is 9.47 Å². The van der Waals surface area contributed by atoms with Crippen molar-refractivity contribution in [3.05, 3.63) is 0 Å². The minimum Gasteiger partial charge on any atom is -0.465 e. The summed E-state index contributed by atoms with van der Waals surface area (Å²) in [6.45, 7) is 8.44. The van der Waals surface area contributed by atoms with E-state index in [1.807, 2.05) is 13.8 Å². The van der Waals surface area contributed by atoms with E-state index in [4.69, 9.17) is 9.47 Å². The molecule has 0 spiro atoms. The highest BCUT2D eigenvalue weighted by atomic mass is 16.5. The Labute approximate surface area is 123 Å². The van der Waals surface area contributed by atoms with Crippen molar-refractivity contribution in [3.63, 3.8) is 0 Å². The van der Waals surface area contributed by atoms with E-state index < -0.39 is 5.54 Å². The summed E-state index contributed by atoms with van der Waals surface area (Å²) in [5.74, 6) is 0.232. The summed E-state index contributed by atoms with van der Waals surface area (Å²) in [6.07, 6.45) is 6.93. The Morgan fingerprint density at radius 3 is 2.50 bits per heavy atom. The molecule has 0 aromatic carbocycles. The standard InChI is InChI=1S/C16H31NO3/c1-4-7-8-9-12-19-13-16(17-5-2,14-10-11-14)15(18)20-6-3/h14,17H,4-13H2,1-3H3. The van der Waals surface area contributed by atoms with Gasteiger partial charge in [0.1, 0.15) is 5.54 Å². The van der Waals surface area contributed by atoms with Crippen LogP contribution in [0.3, 0.4) is 0 Å². The van der Waals surface area contributed by atoms with E-state index in [2.05, 4.69) is 12.2 Å². The van der Waals surface area contributed by atoms with Crippen LogP contribution in [-0.4, -0.2) is 37.9 Å². The number of nitrogens with one attached hydrogen (secondary N) is 1. The third-order valence-electron chi connectivity index (χ3n) is 3.88. The van der Waals surface area contributed by atoms with E-state index in [9.17, 15) is 4.79 Å². The van der Waals surface area contributed by atoms with Crippen LogP contribution in [0, 0.1) is 5.92 Å². The van der Waals surface area contributed by atoms with Gasteiger partial charge in [0.15, 0.2) is 0 Å². The molecule has 1 fully saturated rings. The van der Waals surface area contributed by atoms with Crippen molar-refractivity contribution in [2.45, 2.75) is 64.8 Å². The fourth-order valence-electron chi connectivity index (χ4n) is 2.63. The van der Waals surface area contributed by atoms with Crippen LogP contribution in [0.15, 0.2) is 0 Å². The molecule has 4 heteroatoms. The first-order chi connectivity index (χ1) is 9.71. The third kappa shape index (κ3) is 5.06. The zero-order chi connectivity index (χ0) is 14.8. The van der Waals surface area contributed by atoms with Gasteiger partial charge in [-0.1, -0.05) is 33.1 Å². The molecule has 20 heavy (non-hydrogen) atoms. The van der Waals surface area contributed by atoms with Crippen LogP contribution >= 0.6 is 0 Å². The van der Waals surface area contributed by atoms with E-state index in [0.717, 1.165) is 32.4 Å². The maximum absolute atomic E-state index is 12.3. The molecule has 0 radical (unpaired) electrons. The minimum absolute atomic E-state index is 0.141. The van der Waals surface area contributed by atoms with Gasteiger partial charge in [-0.05, 0) is 38.6 Å². The number of carbonyl (C=O) groups is 1. The SMILES string of the molecule is CCCCCCOCC(NCC)(C(=O)OCC)C1CC1. The second-order valence-corrected chi connectivity index (χ2v) is 5.61. The third-order valence-corrected chi connectivity index (χ3v) is 3.88. The first-order valence-corrected chi connectivity index (χ1v) is 8.21. The maximum Gasteiger partial charge on any atom is 0.329 e. The number of carbonyl (C=O) groups excluding carboxylic acids is 1. The number of hydrogen-bond acceptors (Lipinski definition) is 4. The summed E-state index contributed by atoms with van der Waals surface area (Å²) in [4.78, 5) is 12.3. The number of esters is 1. The van der Waals surface area contributed by atoms with Gasteiger partial charge in [0.25, 0.3) is 0 Å². The average molecular weight is 285 g/mol. The largest absolute Gasteiger partial charge is 0.465 e. The van der Waals surface area contributed by atoms with Crippen molar-refractivity contribution in [2.75, 3.05) is 26.4 Å². The van der Waals surface area contributed by atoms with Crippen molar-refractivity contribution in [1.82, 2.24) is 5.32 Å². The lowest BCUT2D eigenvalue weighted by molar-refractivity contribution is -0.155. The van der Waals surface area contributed by atoms with Crippen LogP contribution in [0.1, 0.15) is 59.3 Å². The summed E-state index contributed by atoms with van der Waals surface area (Å²) in [7, 11) is 0. The molecule has 0 saturated heterocycles. The number of hydrogen-bond donors (Lipinski definition) is 1. The molecule has 1 atom stereocenters. The Morgan fingerprint density at radius 1 is 1.20 bits per heavy atom. The molecule has 4 nitrogen and oxygen atoms in total. The Bertz CT molecular complexity index is 279. The van der Waals surface area contributed by atoms with Crippen molar-refractivity contribution < 1.29 is 14.3 Å². The van der Waals surface area contributed by atoms with Crippen molar-refractivity contribution >= 4 is 5.97 Å². The smallest absolute Gasteiger partial charge is 0.329 e. The fraction of sp³-hybridized carbons (Fsp3) is 0.938. The summed E-state index contributed by atoms with van der Waals surface area (Å²) in [6, 6.07) is 0. The van der Waals surface area contributed by atoms with Gasteiger partial charge in [-0.3, -0.25) is 5.32 Å². The summed E-state index contributed by atoms with van der Waals surface area (Å²) in [5, 5.41) is 3.35. The molecule has 0 heterocycles. The highest BCUT2D eigenvalue weighted by Crippen LogP contribution is 2.40. The van der Waals surface area contributed by atoms with Crippen LogP contribution in [0.25, 0.3) is 0 Å². The van der Waals surface area contributed by atoms with Gasteiger partial charge in [-0.15, -0.1) is 0 Å². The van der Waals surface area contributed by atoms with Crippen molar-refractivity contribution in [1.29, 1.82) is 0 Å². The number of ether oxygens (including phenoxy) is 2. The van der Waals surface area contributed by atoms with Gasteiger partial charge in [-0.2, -0.15) is 0 Å². The van der Waals surface area contributed by atoms with E-state index in [0.29, 0.717) is 19.1 Å². The molecule has 0 amide bonds. The molecule has 0 bridgehead atoms. The van der Waals surface area contributed by atoms with Gasteiger partial charge in [0, 0.05) is 6.61 Å². The quantitative estimate of drug-likeness (QED) is 0.442. The lowest BCUT2D eigenvalue weighted by atomic mass is 9.94. The predicted molar refractivity (Wildman–Crippen MR) is 80.7 cm³/mol. The van der Waals surface area contributed by atoms with E-state index in [1.165, 1.54) is 19.3 Å². The molecule has 1 aliphatic carbocycles. The van der Waals surface area contributed by atoms with Crippen molar-refractivity contribution in [3.8, 4) is 0 Å². The second-order valence-electron chi connectivity index (χ2n) is 5.61. The summed E-state index contributed by atoms with van der Waals surface area (Å²) < 4.78 is 11.1. The zero-order valence-corrected chi connectivity index (χ0v) is 13.4. The van der Waals surface area contributed by atoms with Crippen molar-refractivity contribution in [2.24, 2.45) is 5.92 Å². The molecule has 1 N–H and O–H groups in total. The van der Waals surface area contributed by atoms with Gasteiger partial charge >= 0.3 is 5.97 Å². The first-order valence-electron chi connectivity index (χ1n) is 8.21. The predicted octanol–water partition coefficient (Wildman–Crippen LogP) is 2.90. The summed E-state index contributed by atoms with van der Waals surface area (Å²) >= 11 is 0. The Balaban J connectivity index is 2.47. The average Bonchev–Trinajstić information content (AvgIpc) is 3.26. The fourth-order valence-corrected chi connectivity index (χ4v) is 2.63. The van der Waals surface area contributed by atoms with Gasteiger partial charge in [0.2, 0.25) is 0 Å². The van der Waals surface area contributed by atoms with Gasteiger partial charge in [0.05, 0.1) is 13.2 Å². The minimum atomic E-state index is -0.616. The molecule has 0 aromatic rings. The summed E-state index contributed by atoms with van der Waals surface area (Å²) in [5.41, 5.74) is -0.616. The maximum atomic E-state index is 12.3. The Morgan fingerprint density at radius 2 is 1.95 bits per heavy atom. The number of rotatable bonds is 12. The van der Waals surface area contributed by atoms with E-state index in [1.54, 1.807) is 0 Å². The first kappa shape index (κ1) is 17.4. The lowest BCUT2D eigenvalue weighted by Gasteiger charge is -2.32. The topological polar surface area (TPSA) is 47.6 Å². The molecule has 0 aliphatic heterocycles. The van der Waals surface area contributed by atoms with E-state index >= 15 is 0 Å². The highest BCUT2D eigenvalue weighted by molar-refractivity contribution is 5.82. The Hall–Kier alpha value is -0.610. The number of likely N-dealkylation sites (N-methyl/N-ethyl adjacent to an activating group) is 1. The van der Waals surface area contributed by atoms with Crippen LogP contribution < -0.4 is 5.32 Å².